The first-order valence-electron chi connectivity index (χ1n) is 5.25. The highest BCUT2D eigenvalue weighted by molar-refractivity contribution is 6.43. The van der Waals surface area contributed by atoms with Crippen LogP contribution in [0.15, 0.2) is 12.1 Å². The lowest BCUT2D eigenvalue weighted by Crippen LogP contribution is -2.47. The van der Waals surface area contributed by atoms with E-state index >= 15 is 0 Å². The van der Waals surface area contributed by atoms with E-state index in [0.29, 0.717) is 0 Å². The van der Waals surface area contributed by atoms with Crippen molar-refractivity contribution in [1.29, 1.82) is 5.26 Å². The zero-order valence-electron chi connectivity index (χ0n) is 10.0. The van der Waals surface area contributed by atoms with Crippen molar-refractivity contribution < 1.29 is 18.3 Å². The van der Waals surface area contributed by atoms with Crippen LogP contribution in [0.25, 0.3) is 0 Å². The van der Waals surface area contributed by atoms with E-state index in [1.165, 1.54) is 13.8 Å². The molecule has 1 aromatic rings. The third kappa shape index (κ3) is 2.53. The van der Waals surface area contributed by atoms with Crippen LogP contribution in [0.4, 0.5) is 13.2 Å². The molecule has 104 valence electrons. The maximum atomic E-state index is 13.1. The van der Waals surface area contributed by atoms with Gasteiger partial charge in [-0.2, -0.15) is 18.4 Å². The van der Waals surface area contributed by atoms with Crippen LogP contribution in [0.3, 0.4) is 0 Å². The number of nitriles is 1. The Morgan fingerprint density at radius 3 is 2.11 bits per heavy atom. The second-order valence-electron chi connectivity index (χ2n) is 4.32. The lowest BCUT2D eigenvalue weighted by molar-refractivity contribution is -0.283. The van der Waals surface area contributed by atoms with Crippen LogP contribution >= 0.6 is 23.2 Å². The number of alkyl halides is 3. The van der Waals surface area contributed by atoms with Crippen molar-refractivity contribution in [3.8, 4) is 6.07 Å². The predicted octanol–water partition coefficient (Wildman–Crippen LogP) is 4.27. The zero-order chi connectivity index (χ0) is 15.0. The second-order valence-corrected chi connectivity index (χ2v) is 5.08. The van der Waals surface area contributed by atoms with Gasteiger partial charge in [0.05, 0.1) is 15.6 Å². The first-order chi connectivity index (χ1) is 8.57. The van der Waals surface area contributed by atoms with Gasteiger partial charge in [0, 0.05) is 5.56 Å². The number of rotatable bonds is 2. The number of hydrogen-bond donors (Lipinski definition) is 1. The summed E-state index contributed by atoms with van der Waals surface area (Å²) in [6.45, 7) is 2.44. The summed E-state index contributed by atoms with van der Waals surface area (Å²) in [5, 5.41) is 18.0. The number of hydrogen-bond acceptors (Lipinski definition) is 2. The van der Waals surface area contributed by atoms with E-state index in [1.807, 2.05) is 0 Å². The van der Waals surface area contributed by atoms with E-state index in [9.17, 15) is 18.3 Å². The quantitative estimate of drug-likeness (QED) is 0.886. The fourth-order valence-corrected chi connectivity index (χ4v) is 2.24. The molecule has 0 radical (unpaired) electrons. The molecule has 1 unspecified atom stereocenters. The molecule has 0 bridgehead atoms. The van der Waals surface area contributed by atoms with E-state index in [1.54, 1.807) is 6.07 Å². The molecule has 1 aromatic carbocycles. The minimum absolute atomic E-state index is 0.0521. The molecule has 2 nitrogen and oxygen atoms in total. The van der Waals surface area contributed by atoms with Gasteiger partial charge in [-0.25, -0.2) is 0 Å². The molecular weight excluding hydrogens is 302 g/mol. The molecule has 19 heavy (non-hydrogen) atoms. The van der Waals surface area contributed by atoms with Gasteiger partial charge in [0.1, 0.15) is 6.07 Å². The largest absolute Gasteiger partial charge is 0.421 e. The minimum Gasteiger partial charge on any atom is -0.376 e. The van der Waals surface area contributed by atoms with Gasteiger partial charge in [-0.1, -0.05) is 43.1 Å². The third-order valence-electron chi connectivity index (χ3n) is 2.88. The van der Waals surface area contributed by atoms with Crippen molar-refractivity contribution in [2.75, 3.05) is 0 Å². The summed E-state index contributed by atoms with van der Waals surface area (Å²) in [5.74, 6) is -1.17. The van der Waals surface area contributed by atoms with Crippen LogP contribution in [-0.2, 0) is 5.60 Å². The first-order valence-corrected chi connectivity index (χ1v) is 6.00. The topological polar surface area (TPSA) is 44.0 Å². The normalized spacial score (nSPS) is 15.2. The van der Waals surface area contributed by atoms with Crippen LogP contribution in [0.5, 0.6) is 0 Å². The van der Waals surface area contributed by atoms with Crippen LogP contribution in [-0.4, -0.2) is 11.3 Å². The van der Waals surface area contributed by atoms with Gasteiger partial charge in [-0.05, 0) is 12.0 Å². The SMILES string of the molecule is CC(C)C(O)(c1ccc(C#N)c(Cl)c1Cl)C(F)(F)F. The molecule has 0 aliphatic rings. The van der Waals surface area contributed by atoms with E-state index < -0.39 is 28.3 Å². The lowest BCUT2D eigenvalue weighted by atomic mass is 9.82. The van der Waals surface area contributed by atoms with Crippen molar-refractivity contribution in [3.05, 3.63) is 33.3 Å². The summed E-state index contributed by atoms with van der Waals surface area (Å²) in [5.41, 5.74) is -3.73. The number of halogens is 5. The molecule has 0 aliphatic heterocycles. The highest BCUT2D eigenvalue weighted by atomic mass is 35.5. The van der Waals surface area contributed by atoms with Crippen molar-refractivity contribution in [2.24, 2.45) is 5.92 Å². The molecule has 0 aliphatic carbocycles. The summed E-state index contributed by atoms with van der Waals surface area (Å²) in [4.78, 5) is 0. The smallest absolute Gasteiger partial charge is 0.376 e. The average Bonchev–Trinajstić information content (AvgIpc) is 2.30. The molecule has 1 N–H and O–H groups in total. The van der Waals surface area contributed by atoms with E-state index in [4.69, 9.17) is 28.5 Å². The van der Waals surface area contributed by atoms with E-state index in [2.05, 4.69) is 0 Å². The molecule has 1 rings (SSSR count). The predicted molar refractivity (Wildman–Crippen MR) is 66.0 cm³/mol. The fourth-order valence-electron chi connectivity index (χ4n) is 1.72. The number of aliphatic hydroxyl groups is 1. The summed E-state index contributed by atoms with van der Waals surface area (Å²) < 4.78 is 39.4. The molecule has 7 heteroatoms. The molecule has 0 aromatic heterocycles. The highest BCUT2D eigenvalue weighted by Crippen LogP contribution is 2.48. The molecule has 0 spiro atoms. The number of nitrogens with zero attached hydrogens (tertiary/aromatic N) is 1. The van der Waals surface area contributed by atoms with Gasteiger partial charge in [0.2, 0.25) is 0 Å². The molecule has 0 saturated heterocycles. The average molecular weight is 312 g/mol. The Bertz CT molecular complexity index is 537. The first kappa shape index (κ1) is 16.1. The van der Waals surface area contributed by atoms with Crippen LogP contribution in [0.2, 0.25) is 10.0 Å². The Hall–Kier alpha value is -0.960. The summed E-state index contributed by atoms with van der Waals surface area (Å²) in [6.07, 6.45) is -4.91. The lowest BCUT2D eigenvalue weighted by Gasteiger charge is -2.35. The van der Waals surface area contributed by atoms with Gasteiger partial charge in [-0.3, -0.25) is 0 Å². The Morgan fingerprint density at radius 2 is 1.74 bits per heavy atom. The van der Waals surface area contributed by atoms with Gasteiger partial charge in [0.25, 0.3) is 0 Å². The van der Waals surface area contributed by atoms with Gasteiger partial charge >= 0.3 is 6.18 Å². The minimum atomic E-state index is -4.91. The van der Waals surface area contributed by atoms with E-state index in [0.717, 1.165) is 12.1 Å². The maximum absolute atomic E-state index is 13.1. The van der Waals surface area contributed by atoms with Crippen molar-refractivity contribution in [3.63, 3.8) is 0 Å². The van der Waals surface area contributed by atoms with Crippen LogP contribution in [0, 0.1) is 17.2 Å². The van der Waals surface area contributed by atoms with Crippen molar-refractivity contribution in [2.45, 2.75) is 25.6 Å². The summed E-state index contributed by atoms with van der Waals surface area (Å²) >= 11 is 11.5. The highest BCUT2D eigenvalue weighted by Gasteiger charge is 2.58. The van der Waals surface area contributed by atoms with Gasteiger partial charge in [-0.15, -0.1) is 0 Å². The zero-order valence-corrected chi connectivity index (χ0v) is 11.5. The fraction of sp³-hybridized carbons (Fsp3) is 0.417. The Morgan fingerprint density at radius 1 is 1.21 bits per heavy atom. The van der Waals surface area contributed by atoms with Crippen molar-refractivity contribution >= 4 is 23.2 Å². The maximum Gasteiger partial charge on any atom is 0.421 e. The monoisotopic (exact) mass is 311 g/mol. The Balaban J connectivity index is 3.61. The molecule has 0 heterocycles. The third-order valence-corrected chi connectivity index (χ3v) is 3.76. The van der Waals surface area contributed by atoms with Gasteiger partial charge in [0.15, 0.2) is 5.60 Å². The second kappa shape index (κ2) is 5.20. The summed E-state index contributed by atoms with van der Waals surface area (Å²) in [7, 11) is 0. The molecular formula is C12H10Cl2F3NO. The Kier molecular flexibility index (Phi) is 4.40. The van der Waals surface area contributed by atoms with Gasteiger partial charge < -0.3 is 5.11 Å². The Labute approximate surface area is 118 Å². The summed E-state index contributed by atoms with van der Waals surface area (Å²) in [6, 6.07) is 3.78. The molecule has 1 atom stereocenters. The molecule has 0 saturated carbocycles. The van der Waals surface area contributed by atoms with Crippen LogP contribution in [0.1, 0.15) is 25.0 Å². The number of benzene rings is 1. The standard InChI is InChI=1S/C12H10Cl2F3NO/c1-6(2)11(19,12(15,16)17)8-4-3-7(5-18)9(13)10(8)14/h3-4,6,19H,1-2H3. The van der Waals surface area contributed by atoms with Crippen LogP contribution < -0.4 is 0 Å². The van der Waals surface area contributed by atoms with Crippen molar-refractivity contribution in [1.82, 2.24) is 0 Å². The molecule has 0 fully saturated rings. The molecule has 0 amide bonds. The van der Waals surface area contributed by atoms with E-state index in [-0.39, 0.29) is 10.6 Å².